The molecule has 0 rings (SSSR count). The van der Waals surface area contributed by atoms with Crippen molar-refractivity contribution in [2.24, 2.45) is 5.73 Å². The van der Waals surface area contributed by atoms with Crippen molar-refractivity contribution >= 4 is 5.71 Å². The lowest BCUT2D eigenvalue weighted by Gasteiger charge is -1.94. The minimum absolute atomic E-state index is 0.366. The molecule has 0 saturated heterocycles. The molecule has 0 heterocycles. The molecule has 0 spiro atoms. The van der Waals surface area contributed by atoms with Crippen LogP contribution in [0.2, 0.25) is 0 Å². The minimum atomic E-state index is -0.632. The Kier molecular flexibility index (Phi) is 4.62. The van der Waals surface area contributed by atoms with Crippen molar-refractivity contribution in [3.8, 4) is 0 Å². The molecule has 0 fully saturated rings. The van der Waals surface area contributed by atoms with E-state index in [2.05, 4.69) is 10.3 Å². The smallest absolute Gasteiger partial charge is 0.320 e. The van der Waals surface area contributed by atoms with E-state index in [4.69, 9.17) is 5.73 Å². The molecule has 0 saturated carbocycles. The Labute approximate surface area is 70.3 Å². The summed E-state index contributed by atoms with van der Waals surface area (Å²) < 4.78 is 0. The van der Waals surface area contributed by atoms with Crippen molar-refractivity contribution in [3.63, 3.8) is 0 Å². The maximum Gasteiger partial charge on any atom is 0.320 e. The summed E-state index contributed by atoms with van der Waals surface area (Å²) in [5.41, 5.74) is 5.77. The quantitative estimate of drug-likeness (QED) is 0.247. The van der Waals surface area contributed by atoms with Gasteiger partial charge in [0.15, 0.2) is 5.71 Å². The molecule has 0 bridgehead atoms. The summed E-state index contributed by atoms with van der Waals surface area (Å²) in [4.78, 5) is 12.3. The molecular formula is C6H13N4O2+. The fourth-order valence-electron chi connectivity index (χ4n) is 0.633. The summed E-state index contributed by atoms with van der Waals surface area (Å²) >= 11 is 0. The van der Waals surface area contributed by atoms with E-state index in [0.717, 1.165) is 0 Å². The van der Waals surface area contributed by atoms with Crippen LogP contribution < -0.4 is 16.0 Å². The van der Waals surface area contributed by atoms with E-state index in [0.29, 0.717) is 12.3 Å². The fourth-order valence-corrected chi connectivity index (χ4v) is 0.633. The number of nitrogens with one attached hydrogen (secondary N) is 2. The molecule has 0 aliphatic rings. The van der Waals surface area contributed by atoms with Crippen LogP contribution in [-0.2, 0) is 0 Å². The van der Waals surface area contributed by atoms with Crippen LogP contribution in [0.5, 0.6) is 0 Å². The first kappa shape index (κ1) is 10.6. The van der Waals surface area contributed by atoms with Crippen LogP contribution in [0.1, 0.15) is 0 Å². The average molecular weight is 173 g/mol. The summed E-state index contributed by atoms with van der Waals surface area (Å²) in [5, 5.41) is 12.9. The van der Waals surface area contributed by atoms with Gasteiger partial charge in [0.2, 0.25) is 0 Å². The van der Waals surface area contributed by atoms with Crippen molar-refractivity contribution in [2.45, 2.75) is 0 Å². The largest absolute Gasteiger partial charge is 0.358 e. The van der Waals surface area contributed by atoms with Crippen LogP contribution in [0.3, 0.4) is 0 Å². The van der Waals surface area contributed by atoms with Crippen molar-refractivity contribution in [1.82, 2.24) is 5.32 Å². The first-order valence-corrected chi connectivity index (χ1v) is 3.41. The molecule has 68 valence electrons. The summed E-state index contributed by atoms with van der Waals surface area (Å²) in [6.07, 6.45) is 1.29. The van der Waals surface area contributed by atoms with Gasteiger partial charge in [-0.2, -0.15) is 0 Å². The van der Waals surface area contributed by atoms with E-state index in [1.807, 2.05) is 0 Å². The van der Waals surface area contributed by atoms with Crippen LogP contribution in [-0.4, -0.2) is 31.3 Å². The highest BCUT2D eigenvalue weighted by molar-refractivity contribution is 5.91. The molecule has 4 N–H and O–H groups in total. The normalized spacial score (nSPS) is 13.2. The van der Waals surface area contributed by atoms with Crippen molar-refractivity contribution in [3.05, 3.63) is 22.0 Å². The summed E-state index contributed by atoms with van der Waals surface area (Å²) in [6.45, 7) is 0.519. The number of nitrogens with two attached hydrogens (primary N) is 1. The standard InChI is InChI=1S/C6H12N4O2/c1-8-4-5(9-2)3-6(7)10(11)12/h3,8H,4,7H2,1-2H3/p+1. The van der Waals surface area contributed by atoms with Crippen molar-refractivity contribution in [2.75, 3.05) is 20.6 Å². The first-order valence-electron chi connectivity index (χ1n) is 3.41. The molecule has 0 aromatic carbocycles. The van der Waals surface area contributed by atoms with Crippen molar-refractivity contribution < 1.29 is 9.92 Å². The van der Waals surface area contributed by atoms with Gasteiger partial charge in [-0.05, 0) is 12.0 Å². The van der Waals surface area contributed by atoms with Crippen molar-refractivity contribution in [1.29, 1.82) is 0 Å². The molecular weight excluding hydrogens is 160 g/mol. The van der Waals surface area contributed by atoms with E-state index < -0.39 is 4.92 Å². The molecule has 0 unspecified atom stereocenters. The third-order valence-electron chi connectivity index (χ3n) is 1.22. The highest BCUT2D eigenvalue weighted by Gasteiger charge is 2.06. The molecule has 6 nitrogen and oxygen atoms in total. The van der Waals surface area contributed by atoms with Crippen LogP contribution in [0.15, 0.2) is 11.9 Å². The van der Waals surface area contributed by atoms with Gasteiger partial charge in [0.1, 0.15) is 7.05 Å². The lowest BCUT2D eigenvalue weighted by atomic mass is 10.3. The molecule has 0 aromatic heterocycles. The molecule has 0 atom stereocenters. The molecule has 0 aliphatic heterocycles. The fraction of sp³-hybridized carbons (Fsp3) is 0.500. The van der Waals surface area contributed by atoms with Gasteiger partial charge in [-0.25, -0.2) is 4.99 Å². The van der Waals surface area contributed by atoms with E-state index in [1.165, 1.54) is 6.08 Å². The lowest BCUT2D eigenvalue weighted by molar-refractivity contribution is -0.430. The number of rotatable bonds is 4. The number of nitro groups is 1. The van der Waals surface area contributed by atoms with E-state index in [9.17, 15) is 10.1 Å². The van der Waals surface area contributed by atoms with Crippen LogP contribution in [0.4, 0.5) is 0 Å². The maximum absolute atomic E-state index is 10.1. The van der Waals surface area contributed by atoms with Gasteiger partial charge in [0.25, 0.3) is 0 Å². The van der Waals surface area contributed by atoms with Gasteiger partial charge in [0.05, 0.1) is 12.6 Å². The Morgan fingerprint density at radius 3 is 2.75 bits per heavy atom. The topological polar surface area (TPSA) is 95.2 Å². The molecule has 6 heteroatoms. The van der Waals surface area contributed by atoms with Crippen LogP contribution >= 0.6 is 0 Å². The zero-order valence-electron chi connectivity index (χ0n) is 7.13. The van der Waals surface area contributed by atoms with Gasteiger partial charge in [-0.1, -0.05) is 0 Å². The molecule has 0 aliphatic carbocycles. The Balaban J connectivity index is 4.37. The number of hydrogen-bond acceptors (Lipinski definition) is 4. The van der Waals surface area contributed by atoms with E-state index in [1.54, 1.807) is 14.1 Å². The summed E-state index contributed by atoms with van der Waals surface area (Å²) in [5.74, 6) is -0.366. The van der Waals surface area contributed by atoms with Crippen LogP contribution in [0, 0.1) is 10.1 Å². The zero-order chi connectivity index (χ0) is 9.56. The minimum Gasteiger partial charge on any atom is -0.358 e. The second kappa shape index (κ2) is 5.25. The Bertz CT molecular complexity index is 222. The van der Waals surface area contributed by atoms with Gasteiger partial charge in [-0.15, -0.1) is 0 Å². The monoisotopic (exact) mass is 173 g/mol. The lowest BCUT2D eigenvalue weighted by Crippen LogP contribution is -2.69. The second-order valence-electron chi connectivity index (χ2n) is 2.13. The SMILES string of the molecule is CNCC(C=C(N)[N+](=O)[O-])=[NH+]C. The summed E-state index contributed by atoms with van der Waals surface area (Å²) in [6, 6.07) is 0. The predicted molar refractivity (Wildman–Crippen MR) is 45.1 cm³/mol. The predicted octanol–water partition coefficient (Wildman–Crippen LogP) is -2.57. The highest BCUT2D eigenvalue weighted by Crippen LogP contribution is 1.83. The van der Waals surface area contributed by atoms with Gasteiger partial charge in [-0.3, -0.25) is 5.73 Å². The first-order chi connectivity index (χ1) is 5.61. The molecule has 0 aromatic rings. The third kappa shape index (κ3) is 3.67. The van der Waals surface area contributed by atoms with E-state index in [-0.39, 0.29) is 5.82 Å². The van der Waals surface area contributed by atoms with Gasteiger partial charge in [0, 0.05) is 0 Å². The zero-order valence-corrected chi connectivity index (χ0v) is 7.13. The molecule has 12 heavy (non-hydrogen) atoms. The molecule has 0 radical (unpaired) electrons. The number of hydrogen-bond donors (Lipinski definition) is 3. The average Bonchev–Trinajstić information content (AvgIpc) is 2.03. The second-order valence-corrected chi connectivity index (χ2v) is 2.13. The third-order valence-corrected chi connectivity index (χ3v) is 1.22. The Morgan fingerprint density at radius 2 is 2.42 bits per heavy atom. The van der Waals surface area contributed by atoms with Gasteiger partial charge >= 0.3 is 5.82 Å². The maximum atomic E-state index is 10.1. The summed E-state index contributed by atoms with van der Waals surface area (Å²) in [7, 11) is 3.42. The van der Waals surface area contributed by atoms with Gasteiger partial charge < -0.3 is 15.4 Å². The highest BCUT2D eigenvalue weighted by atomic mass is 16.6. The Morgan fingerprint density at radius 1 is 1.83 bits per heavy atom. The van der Waals surface area contributed by atoms with Crippen LogP contribution in [0.25, 0.3) is 0 Å². The van der Waals surface area contributed by atoms with E-state index >= 15 is 0 Å². The number of nitrogens with zero attached hydrogens (tertiary/aromatic N) is 1. The Hall–Kier alpha value is -1.43. The molecule has 0 amide bonds.